The predicted octanol–water partition coefficient (Wildman–Crippen LogP) is -0.250. The van der Waals surface area contributed by atoms with Gasteiger partial charge in [-0.15, -0.1) is 5.10 Å². The zero-order chi connectivity index (χ0) is 16.6. The fourth-order valence-corrected chi connectivity index (χ4v) is 2.25. The number of aromatic nitrogens is 5. The van der Waals surface area contributed by atoms with Gasteiger partial charge in [-0.1, -0.05) is 17.3 Å². The zero-order valence-electron chi connectivity index (χ0n) is 12.6. The number of amides is 1. The summed E-state index contributed by atoms with van der Waals surface area (Å²) in [4.78, 5) is 27.4. The average Bonchev–Trinajstić information content (AvgIpc) is 2.96. The maximum absolute atomic E-state index is 12.4. The van der Waals surface area contributed by atoms with Gasteiger partial charge in [-0.3, -0.25) is 4.79 Å². The first-order valence-electron chi connectivity index (χ1n) is 6.75. The van der Waals surface area contributed by atoms with Gasteiger partial charge in [-0.25, -0.2) is 14.2 Å². The smallest absolute Gasteiger partial charge is 0.353 e. The van der Waals surface area contributed by atoms with Gasteiger partial charge in [0.2, 0.25) is 0 Å². The molecule has 0 saturated heterocycles. The molecule has 1 amide bonds. The van der Waals surface area contributed by atoms with Gasteiger partial charge >= 0.3 is 5.69 Å². The first kappa shape index (κ1) is 14.7. The first-order chi connectivity index (χ1) is 11.0. The second kappa shape index (κ2) is 5.52. The summed E-state index contributed by atoms with van der Waals surface area (Å²) in [7, 11) is 1.58. The van der Waals surface area contributed by atoms with Crippen molar-refractivity contribution in [3.63, 3.8) is 0 Å². The molecule has 0 unspecified atom stereocenters. The third kappa shape index (κ3) is 2.52. The topological polar surface area (TPSA) is 117 Å². The van der Waals surface area contributed by atoms with E-state index >= 15 is 0 Å². The van der Waals surface area contributed by atoms with E-state index in [1.165, 1.54) is 11.0 Å². The molecule has 2 heterocycles. The van der Waals surface area contributed by atoms with Gasteiger partial charge in [0.25, 0.3) is 5.91 Å². The maximum atomic E-state index is 12.4. The van der Waals surface area contributed by atoms with Crippen LogP contribution in [0.15, 0.2) is 29.3 Å². The van der Waals surface area contributed by atoms with Crippen molar-refractivity contribution >= 4 is 11.6 Å². The molecule has 0 saturated carbocycles. The lowest BCUT2D eigenvalue weighted by atomic mass is 10.1. The molecule has 2 N–H and O–H groups in total. The monoisotopic (exact) mass is 314 g/mol. The van der Waals surface area contributed by atoms with Crippen molar-refractivity contribution < 1.29 is 9.53 Å². The van der Waals surface area contributed by atoms with Gasteiger partial charge in [0, 0.05) is 0 Å². The van der Waals surface area contributed by atoms with Crippen molar-refractivity contribution in [2.75, 3.05) is 7.11 Å². The van der Waals surface area contributed by atoms with Crippen LogP contribution < -0.4 is 16.2 Å². The summed E-state index contributed by atoms with van der Waals surface area (Å²) in [5, 5.41) is 7.70. The minimum atomic E-state index is -0.762. The van der Waals surface area contributed by atoms with E-state index in [4.69, 9.17) is 10.5 Å². The fraction of sp³-hybridized carbons (Fsp3) is 0.214. The van der Waals surface area contributed by atoms with E-state index in [9.17, 15) is 9.59 Å². The van der Waals surface area contributed by atoms with E-state index in [0.717, 1.165) is 21.3 Å². The van der Waals surface area contributed by atoms with Gasteiger partial charge in [-0.05, 0) is 24.1 Å². The van der Waals surface area contributed by atoms with E-state index in [1.54, 1.807) is 7.11 Å². The average molecular weight is 314 g/mol. The Bertz CT molecular complexity index is 959. The Morgan fingerprint density at radius 1 is 1.39 bits per heavy atom. The SMILES string of the molecule is COc1cc(Cn2nnc3c(C(N)=O)ncn3c2=O)ccc1C. The molecule has 0 radical (unpaired) electrons. The van der Waals surface area contributed by atoms with Crippen LogP contribution in [0.25, 0.3) is 5.65 Å². The number of hydrogen-bond donors (Lipinski definition) is 1. The van der Waals surface area contributed by atoms with Crippen LogP contribution in [-0.2, 0) is 6.54 Å². The number of hydrogen-bond acceptors (Lipinski definition) is 6. The number of methoxy groups -OCH3 is 1. The number of nitrogens with zero attached hydrogens (tertiary/aromatic N) is 5. The number of carbonyl (C=O) groups excluding carboxylic acids is 1. The Kier molecular flexibility index (Phi) is 3.53. The van der Waals surface area contributed by atoms with Crippen molar-refractivity contribution in [3.05, 3.63) is 51.8 Å². The highest BCUT2D eigenvalue weighted by Gasteiger charge is 2.15. The number of fused-ring (bicyclic) bond motifs is 1. The van der Waals surface area contributed by atoms with E-state index in [-0.39, 0.29) is 17.9 Å². The Morgan fingerprint density at radius 2 is 2.17 bits per heavy atom. The Hall–Kier alpha value is -3.23. The molecule has 3 aromatic rings. The van der Waals surface area contributed by atoms with Crippen LogP contribution in [0.4, 0.5) is 0 Å². The standard InChI is InChI=1S/C14H14N6O3/c1-8-3-4-9(5-10(8)23-2)6-20-14(22)19-7-16-11(12(15)21)13(19)17-18-20/h3-5,7H,6H2,1-2H3,(H2,15,21). The molecular formula is C14H14N6O3. The minimum Gasteiger partial charge on any atom is -0.496 e. The molecule has 118 valence electrons. The molecule has 2 aromatic heterocycles. The molecule has 9 heteroatoms. The number of imidazole rings is 1. The predicted molar refractivity (Wildman–Crippen MR) is 80.4 cm³/mol. The molecule has 0 aliphatic rings. The summed E-state index contributed by atoms with van der Waals surface area (Å²) in [5.41, 5.74) is 6.49. The molecule has 9 nitrogen and oxygen atoms in total. The van der Waals surface area contributed by atoms with Crippen molar-refractivity contribution in [1.82, 2.24) is 24.4 Å². The quantitative estimate of drug-likeness (QED) is 0.709. The van der Waals surface area contributed by atoms with E-state index in [1.807, 2.05) is 25.1 Å². The lowest BCUT2D eigenvalue weighted by Crippen LogP contribution is -2.30. The highest BCUT2D eigenvalue weighted by Crippen LogP contribution is 2.19. The van der Waals surface area contributed by atoms with Gasteiger partial charge < -0.3 is 10.5 Å². The summed E-state index contributed by atoms with van der Waals surface area (Å²) in [6.45, 7) is 2.14. The second-order valence-corrected chi connectivity index (χ2v) is 4.98. The largest absolute Gasteiger partial charge is 0.496 e. The van der Waals surface area contributed by atoms with Crippen LogP contribution in [0.2, 0.25) is 0 Å². The number of benzene rings is 1. The lowest BCUT2D eigenvalue weighted by Gasteiger charge is -2.08. The fourth-order valence-electron chi connectivity index (χ4n) is 2.25. The molecule has 0 spiro atoms. The third-order valence-corrected chi connectivity index (χ3v) is 3.45. The molecule has 0 aliphatic carbocycles. The van der Waals surface area contributed by atoms with Crippen molar-refractivity contribution in [3.8, 4) is 5.75 Å². The molecule has 0 bridgehead atoms. The number of nitrogens with two attached hydrogens (primary N) is 1. The van der Waals surface area contributed by atoms with E-state index in [0.29, 0.717) is 0 Å². The van der Waals surface area contributed by atoms with Crippen LogP contribution in [0, 0.1) is 6.92 Å². The molecule has 23 heavy (non-hydrogen) atoms. The van der Waals surface area contributed by atoms with Crippen molar-refractivity contribution in [2.24, 2.45) is 5.73 Å². The van der Waals surface area contributed by atoms with Crippen molar-refractivity contribution in [1.29, 1.82) is 0 Å². The zero-order valence-corrected chi connectivity index (χ0v) is 12.6. The summed E-state index contributed by atoms with van der Waals surface area (Å²) in [6, 6.07) is 5.60. The molecule has 0 aliphatic heterocycles. The highest BCUT2D eigenvalue weighted by molar-refractivity contribution is 5.96. The first-order valence-corrected chi connectivity index (χ1v) is 6.75. The van der Waals surface area contributed by atoms with Crippen LogP contribution in [0.3, 0.4) is 0 Å². The molecule has 0 atom stereocenters. The van der Waals surface area contributed by atoms with Crippen LogP contribution in [-0.4, -0.2) is 37.4 Å². The van der Waals surface area contributed by atoms with Gasteiger partial charge in [0.05, 0.1) is 13.7 Å². The molecule has 1 aromatic carbocycles. The highest BCUT2D eigenvalue weighted by atomic mass is 16.5. The number of aryl methyl sites for hydroxylation is 1. The van der Waals surface area contributed by atoms with E-state index < -0.39 is 11.6 Å². The Morgan fingerprint density at radius 3 is 2.87 bits per heavy atom. The lowest BCUT2D eigenvalue weighted by molar-refractivity contribution is 0.0997. The number of primary amides is 1. The molecular weight excluding hydrogens is 300 g/mol. The van der Waals surface area contributed by atoms with Gasteiger partial charge in [0.1, 0.15) is 12.1 Å². The molecule has 3 rings (SSSR count). The number of ether oxygens (including phenoxy) is 1. The normalized spacial score (nSPS) is 10.9. The molecule has 0 fully saturated rings. The van der Waals surface area contributed by atoms with Crippen LogP contribution in [0.5, 0.6) is 5.75 Å². The van der Waals surface area contributed by atoms with Crippen LogP contribution >= 0.6 is 0 Å². The summed E-state index contributed by atoms with van der Waals surface area (Å²) in [6.07, 6.45) is 1.21. The summed E-state index contributed by atoms with van der Waals surface area (Å²) in [5.74, 6) is -0.0366. The maximum Gasteiger partial charge on any atom is 0.353 e. The summed E-state index contributed by atoms with van der Waals surface area (Å²) >= 11 is 0. The Balaban J connectivity index is 2.03. The number of rotatable bonds is 4. The minimum absolute atomic E-state index is 0.0419. The van der Waals surface area contributed by atoms with E-state index in [2.05, 4.69) is 15.3 Å². The second-order valence-electron chi connectivity index (χ2n) is 4.98. The van der Waals surface area contributed by atoms with Crippen molar-refractivity contribution in [2.45, 2.75) is 13.5 Å². The van der Waals surface area contributed by atoms with Gasteiger partial charge in [0.15, 0.2) is 11.3 Å². The van der Waals surface area contributed by atoms with Gasteiger partial charge in [-0.2, -0.15) is 4.68 Å². The third-order valence-electron chi connectivity index (χ3n) is 3.45. The Labute approximate surface area is 130 Å². The summed E-state index contributed by atoms with van der Waals surface area (Å²) < 4.78 is 7.57. The number of carbonyl (C=O) groups is 1. The van der Waals surface area contributed by atoms with Crippen LogP contribution in [0.1, 0.15) is 21.6 Å².